The van der Waals surface area contributed by atoms with Gasteiger partial charge in [-0.05, 0) is 19.1 Å². The summed E-state index contributed by atoms with van der Waals surface area (Å²) in [7, 11) is 0. The molecule has 1 N–H and O–H groups in total. The van der Waals surface area contributed by atoms with Crippen molar-refractivity contribution in [1.82, 2.24) is 0 Å². The molecule has 0 spiro atoms. The molecule has 0 aromatic heterocycles. The van der Waals surface area contributed by atoms with Gasteiger partial charge in [-0.25, -0.2) is 0 Å². The number of hydrogen-bond donors (Lipinski definition) is 1. The second kappa shape index (κ2) is 16.6. The Kier molecular flexibility index (Phi) is 16.5. The molecule has 2 unspecified atom stereocenters. The molecule has 3 nitrogen and oxygen atoms in total. The lowest BCUT2D eigenvalue weighted by Gasteiger charge is -2.16. The fourth-order valence-corrected chi connectivity index (χ4v) is 3.68. The van der Waals surface area contributed by atoms with Crippen molar-refractivity contribution < 1.29 is 14.6 Å². The van der Waals surface area contributed by atoms with Gasteiger partial charge in [0.05, 0.1) is 6.10 Å². The van der Waals surface area contributed by atoms with Crippen LogP contribution in [0.2, 0.25) is 0 Å². The Labute approximate surface area is 148 Å². The molecule has 0 fully saturated rings. The summed E-state index contributed by atoms with van der Waals surface area (Å²) in [5.74, 6) is 1.58. The number of aliphatic hydroxyl groups is 1. The van der Waals surface area contributed by atoms with Crippen LogP contribution in [0.5, 0.6) is 0 Å². The number of rotatable bonds is 16. The number of aliphatic hydroxyl groups excluding tert-OH is 1. The third kappa shape index (κ3) is 18.0. The molecule has 0 aromatic carbocycles. The van der Waals surface area contributed by atoms with Gasteiger partial charge < -0.3 is 9.84 Å². The van der Waals surface area contributed by atoms with Crippen molar-refractivity contribution in [2.45, 2.75) is 104 Å². The standard InChI is InChI=1S/C19H38O3S/c1-4-5-6-7-8-9-10-11-12-13-14-23-16-19(21)15-17(2)22-18(3)20/h17,19,21H,4-16H2,1-3H3. The van der Waals surface area contributed by atoms with Gasteiger partial charge in [-0.2, -0.15) is 11.8 Å². The molecule has 0 radical (unpaired) electrons. The minimum absolute atomic E-state index is 0.194. The van der Waals surface area contributed by atoms with Crippen LogP contribution in [0.1, 0.15) is 91.4 Å². The van der Waals surface area contributed by atoms with E-state index in [9.17, 15) is 9.90 Å². The summed E-state index contributed by atoms with van der Waals surface area (Å²) in [6, 6.07) is 0. The highest BCUT2D eigenvalue weighted by Crippen LogP contribution is 2.14. The zero-order valence-electron chi connectivity index (χ0n) is 15.5. The van der Waals surface area contributed by atoms with Crippen LogP contribution in [0.3, 0.4) is 0 Å². The Morgan fingerprint density at radius 3 is 2.04 bits per heavy atom. The lowest BCUT2D eigenvalue weighted by Crippen LogP contribution is -2.21. The van der Waals surface area contributed by atoms with Crippen LogP contribution in [0.15, 0.2) is 0 Å². The molecule has 0 aliphatic carbocycles. The third-order valence-electron chi connectivity index (χ3n) is 3.92. The maximum Gasteiger partial charge on any atom is 0.302 e. The van der Waals surface area contributed by atoms with E-state index < -0.39 is 0 Å². The number of carbonyl (C=O) groups is 1. The van der Waals surface area contributed by atoms with Gasteiger partial charge in [0.2, 0.25) is 0 Å². The summed E-state index contributed by atoms with van der Waals surface area (Å²) >= 11 is 1.81. The Morgan fingerprint density at radius 2 is 1.52 bits per heavy atom. The first-order valence-corrected chi connectivity index (χ1v) is 10.6. The molecular weight excluding hydrogens is 308 g/mol. The maximum absolute atomic E-state index is 10.8. The van der Waals surface area contributed by atoms with Crippen LogP contribution < -0.4 is 0 Å². The first-order valence-electron chi connectivity index (χ1n) is 9.49. The Balaban J connectivity index is 3.24. The van der Waals surface area contributed by atoms with Gasteiger partial charge in [0.15, 0.2) is 0 Å². The van der Waals surface area contributed by atoms with E-state index >= 15 is 0 Å². The molecule has 0 saturated carbocycles. The number of unbranched alkanes of at least 4 members (excludes halogenated alkanes) is 9. The first kappa shape index (κ1) is 22.8. The minimum atomic E-state index is -0.377. The second-order valence-electron chi connectivity index (χ2n) is 6.57. The van der Waals surface area contributed by atoms with Gasteiger partial charge >= 0.3 is 5.97 Å². The Morgan fingerprint density at radius 1 is 1.00 bits per heavy atom. The summed E-state index contributed by atoms with van der Waals surface area (Å²) in [4.78, 5) is 10.8. The van der Waals surface area contributed by atoms with E-state index in [1.165, 1.54) is 71.1 Å². The van der Waals surface area contributed by atoms with Crippen molar-refractivity contribution >= 4 is 17.7 Å². The van der Waals surface area contributed by atoms with Crippen LogP contribution in [0.4, 0.5) is 0 Å². The average molecular weight is 347 g/mol. The third-order valence-corrected chi connectivity index (χ3v) is 5.12. The van der Waals surface area contributed by atoms with E-state index in [1.54, 1.807) is 0 Å². The molecule has 0 rings (SSSR count). The molecule has 0 saturated heterocycles. The molecule has 0 aliphatic rings. The topological polar surface area (TPSA) is 46.5 Å². The van der Waals surface area contributed by atoms with E-state index in [1.807, 2.05) is 18.7 Å². The van der Waals surface area contributed by atoms with Crippen molar-refractivity contribution in [2.75, 3.05) is 11.5 Å². The number of esters is 1. The van der Waals surface area contributed by atoms with Crippen LogP contribution in [0, 0.1) is 0 Å². The van der Waals surface area contributed by atoms with E-state index in [0.29, 0.717) is 6.42 Å². The molecule has 0 aliphatic heterocycles. The number of carbonyl (C=O) groups excluding carboxylic acids is 1. The molecule has 2 atom stereocenters. The van der Waals surface area contributed by atoms with Crippen LogP contribution in [-0.2, 0) is 9.53 Å². The van der Waals surface area contributed by atoms with Gasteiger partial charge in [-0.15, -0.1) is 0 Å². The predicted octanol–water partition coefficient (Wildman–Crippen LogP) is 5.34. The van der Waals surface area contributed by atoms with Gasteiger partial charge in [0.25, 0.3) is 0 Å². The van der Waals surface area contributed by atoms with E-state index in [-0.39, 0.29) is 18.2 Å². The minimum Gasteiger partial charge on any atom is -0.463 e. The summed E-state index contributed by atoms with van der Waals surface area (Å²) in [6.45, 7) is 5.50. The fourth-order valence-electron chi connectivity index (χ4n) is 2.69. The van der Waals surface area contributed by atoms with E-state index in [2.05, 4.69) is 6.92 Å². The molecule has 23 heavy (non-hydrogen) atoms. The first-order chi connectivity index (χ1) is 11.1. The van der Waals surface area contributed by atoms with E-state index in [4.69, 9.17) is 4.74 Å². The van der Waals surface area contributed by atoms with Gasteiger partial charge in [-0.1, -0.05) is 64.7 Å². The molecule has 138 valence electrons. The van der Waals surface area contributed by atoms with Crippen molar-refractivity contribution in [1.29, 1.82) is 0 Å². The quantitative estimate of drug-likeness (QED) is 0.302. The lowest BCUT2D eigenvalue weighted by molar-refractivity contribution is -0.146. The van der Waals surface area contributed by atoms with Gasteiger partial charge in [-0.3, -0.25) is 4.79 Å². The highest BCUT2D eigenvalue weighted by Gasteiger charge is 2.12. The summed E-state index contributed by atoms with van der Waals surface area (Å²) in [5.41, 5.74) is 0. The van der Waals surface area contributed by atoms with Crippen LogP contribution in [0.25, 0.3) is 0 Å². The fraction of sp³-hybridized carbons (Fsp3) is 0.947. The lowest BCUT2D eigenvalue weighted by atomic mass is 10.1. The number of thioether (sulfide) groups is 1. The van der Waals surface area contributed by atoms with Crippen molar-refractivity contribution in [3.05, 3.63) is 0 Å². The number of hydrogen-bond acceptors (Lipinski definition) is 4. The van der Waals surface area contributed by atoms with Crippen molar-refractivity contribution in [3.8, 4) is 0 Å². The average Bonchev–Trinajstić information content (AvgIpc) is 2.47. The smallest absolute Gasteiger partial charge is 0.302 e. The zero-order chi connectivity index (χ0) is 17.3. The SMILES string of the molecule is CCCCCCCCCCCCSCC(O)CC(C)OC(C)=O. The van der Waals surface area contributed by atoms with E-state index in [0.717, 1.165) is 11.5 Å². The highest BCUT2D eigenvalue weighted by molar-refractivity contribution is 7.99. The largest absolute Gasteiger partial charge is 0.463 e. The molecule has 4 heteroatoms. The normalized spacial score (nSPS) is 13.7. The number of ether oxygens (including phenoxy) is 1. The van der Waals surface area contributed by atoms with Crippen molar-refractivity contribution in [2.24, 2.45) is 0 Å². The van der Waals surface area contributed by atoms with Crippen molar-refractivity contribution in [3.63, 3.8) is 0 Å². The summed E-state index contributed by atoms with van der Waals surface area (Å²) < 4.78 is 5.03. The molecule has 0 aromatic rings. The highest BCUT2D eigenvalue weighted by atomic mass is 32.2. The van der Waals surface area contributed by atoms with Gasteiger partial charge in [0.1, 0.15) is 6.10 Å². The molecule has 0 heterocycles. The summed E-state index contributed by atoms with van der Waals surface area (Å²) in [5, 5.41) is 9.88. The Bertz CT molecular complexity index is 271. The van der Waals surface area contributed by atoms with Gasteiger partial charge in [0, 0.05) is 19.1 Å². The molecule has 0 amide bonds. The second-order valence-corrected chi connectivity index (χ2v) is 7.72. The maximum atomic E-state index is 10.8. The molecular formula is C19H38O3S. The Hall–Kier alpha value is -0.220. The van der Waals surface area contributed by atoms with Crippen LogP contribution >= 0.6 is 11.8 Å². The molecule has 0 bridgehead atoms. The van der Waals surface area contributed by atoms with Crippen LogP contribution in [-0.4, -0.2) is 34.8 Å². The zero-order valence-corrected chi connectivity index (χ0v) is 16.3. The monoisotopic (exact) mass is 346 g/mol. The summed E-state index contributed by atoms with van der Waals surface area (Å²) in [6.07, 6.45) is 13.6. The predicted molar refractivity (Wildman–Crippen MR) is 101 cm³/mol.